The van der Waals surface area contributed by atoms with E-state index in [4.69, 9.17) is 9.72 Å². The number of aromatic hydroxyl groups is 1. The monoisotopic (exact) mass is 318 g/mol. The summed E-state index contributed by atoms with van der Waals surface area (Å²) < 4.78 is 5.30. The fraction of sp³-hybridized carbons (Fsp3) is 0.0556. The Morgan fingerprint density at radius 1 is 1.00 bits per heavy atom. The first kappa shape index (κ1) is 14.2. The molecule has 4 rings (SSSR count). The summed E-state index contributed by atoms with van der Waals surface area (Å²) in [6.07, 6.45) is 1.60. The summed E-state index contributed by atoms with van der Waals surface area (Å²) in [5.41, 5.74) is 3.82. The molecule has 2 aromatic heterocycles. The Morgan fingerprint density at radius 2 is 1.83 bits per heavy atom. The van der Waals surface area contributed by atoms with Gasteiger partial charge in [-0.2, -0.15) is 0 Å². The minimum Gasteiger partial charge on any atom is -0.508 e. The average Bonchev–Trinajstić information content (AvgIpc) is 3.10. The number of phenols is 1. The molecule has 0 saturated carbocycles. The van der Waals surface area contributed by atoms with E-state index in [-0.39, 0.29) is 5.75 Å². The Hall–Kier alpha value is -3.41. The molecule has 0 aliphatic carbocycles. The number of H-pyrrole nitrogens is 1. The molecule has 4 aromatic rings. The van der Waals surface area contributed by atoms with Gasteiger partial charge in [0, 0.05) is 11.1 Å². The number of ether oxygens (including phenoxy) is 1. The molecule has 2 N–H and O–H groups in total. The van der Waals surface area contributed by atoms with Crippen LogP contribution in [0.25, 0.3) is 33.8 Å². The van der Waals surface area contributed by atoms with Crippen molar-refractivity contribution in [3.8, 4) is 34.1 Å². The number of nitrogens with one attached hydrogen (secondary N) is 1. The molecule has 0 aliphatic rings. The van der Waals surface area contributed by atoms with Crippen molar-refractivity contribution < 1.29 is 9.84 Å². The van der Waals surface area contributed by atoms with Crippen LogP contribution in [0.5, 0.6) is 11.5 Å². The lowest BCUT2D eigenvalue weighted by molar-refractivity contribution is 0.415. The van der Waals surface area contributed by atoms with Gasteiger partial charge in [0.1, 0.15) is 22.7 Å². The molecular formula is C18H14N4O2. The highest BCUT2D eigenvalue weighted by atomic mass is 16.5. The minimum atomic E-state index is 0.201. The van der Waals surface area contributed by atoms with Gasteiger partial charge in [-0.3, -0.25) is 0 Å². The largest absolute Gasteiger partial charge is 0.508 e. The number of nitrogens with zero attached hydrogens (tertiary/aromatic N) is 3. The summed E-state index contributed by atoms with van der Waals surface area (Å²) in [6, 6.07) is 14.5. The lowest BCUT2D eigenvalue weighted by Gasteiger charge is -2.07. The molecule has 0 amide bonds. The highest BCUT2D eigenvalue weighted by molar-refractivity contribution is 5.88. The van der Waals surface area contributed by atoms with Crippen LogP contribution in [0.15, 0.2) is 54.9 Å². The first-order valence-electron chi connectivity index (χ1n) is 7.39. The van der Waals surface area contributed by atoms with Crippen LogP contribution in [0.2, 0.25) is 0 Å². The number of benzene rings is 2. The molecule has 24 heavy (non-hydrogen) atoms. The van der Waals surface area contributed by atoms with E-state index in [0.717, 1.165) is 28.1 Å². The van der Waals surface area contributed by atoms with Crippen molar-refractivity contribution in [2.75, 3.05) is 7.11 Å². The molecule has 0 saturated heterocycles. The predicted molar refractivity (Wildman–Crippen MR) is 90.8 cm³/mol. The van der Waals surface area contributed by atoms with Gasteiger partial charge in [-0.05, 0) is 36.4 Å². The second-order valence-corrected chi connectivity index (χ2v) is 5.28. The van der Waals surface area contributed by atoms with Crippen LogP contribution in [-0.2, 0) is 0 Å². The summed E-state index contributed by atoms with van der Waals surface area (Å²) in [7, 11) is 1.63. The molecule has 6 nitrogen and oxygen atoms in total. The number of methoxy groups -OCH3 is 1. The molecule has 118 valence electrons. The van der Waals surface area contributed by atoms with E-state index in [0.29, 0.717) is 11.5 Å². The van der Waals surface area contributed by atoms with E-state index >= 15 is 0 Å². The molecule has 2 heterocycles. The Bertz CT molecular complexity index is 1010. The summed E-state index contributed by atoms with van der Waals surface area (Å²) in [5, 5.41) is 9.46. The normalized spacial score (nSPS) is 10.9. The Morgan fingerprint density at radius 3 is 2.62 bits per heavy atom. The summed E-state index contributed by atoms with van der Waals surface area (Å²) in [5.74, 6) is 1.50. The quantitative estimate of drug-likeness (QED) is 0.605. The van der Waals surface area contributed by atoms with E-state index in [1.165, 1.54) is 0 Å². The molecule has 0 bridgehead atoms. The highest BCUT2D eigenvalue weighted by Gasteiger charge is 2.13. The van der Waals surface area contributed by atoms with Gasteiger partial charge < -0.3 is 14.8 Å². The number of aromatic amines is 1. The van der Waals surface area contributed by atoms with Crippen LogP contribution in [0, 0.1) is 0 Å². The first-order chi connectivity index (χ1) is 11.7. The third-order valence-electron chi connectivity index (χ3n) is 3.75. The summed E-state index contributed by atoms with van der Waals surface area (Å²) >= 11 is 0. The SMILES string of the molecule is COc1cccc(-c2nc(-c3ccc(O)cc3)nc3nc[nH]c23)c1. The molecule has 0 fully saturated rings. The van der Waals surface area contributed by atoms with E-state index in [9.17, 15) is 5.11 Å². The second kappa shape index (κ2) is 5.66. The van der Waals surface area contributed by atoms with Gasteiger partial charge in [-0.15, -0.1) is 0 Å². The maximum atomic E-state index is 9.46. The smallest absolute Gasteiger partial charge is 0.181 e. The number of phenolic OH excluding ortho intramolecular Hbond substituents is 1. The molecule has 0 atom stereocenters. The predicted octanol–water partition coefficient (Wildman–Crippen LogP) is 3.40. The standard InChI is InChI=1S/C18H14N4O2/c1-24-14-4-2-3-12(9-14)15-16-18(20-10-19-16)22-17(21-15)11-5-7-13(23)8-6-11/h2-10,23H,1H3,(H,19,20,21,22). The zero-order chi connectivity index (χ0) is 16.5. The number of hydrogen-bond donors (Lipinski definition) is 2. The van der Waals surface area contributed by atoms with Crippen molar-refractivity contribution in [3.05, 3.63) is 54.9 Å². The Kier molecular flexibility index (Phi) is 3.35. The fourth-order valence-corrected chi connectivity index (χ4v) is 2.55. The van der Waals surface area contributed by atoms with E-state index in [1.807, 2.05) is 24.3 Å². The van der Waals surface area contributed by atoms with Crippen LogP contribution in [0.3, 0.4) is 0 Å². The zero-order valence-corrected chi connectivity index (χ0v) is 12.9. The number of imidazole rings is 1. The first-order valence-corrected chi connectivity index (χ1v) is 7.39. The van der Waals surface area contributed by atoms with Crippen LogP contribution >= 0.6 is 0 Å². The van der Waals surface area contributed by atoms with E-state index in [1.54, 1.807) is 37.7 Å². The molecular weight excluding hydrogens is 304 g/mol. The van der Waals surface area contributed by atoms with Crippen molar-refractivity contribution in [1.82, 2.24) is 19.9 Å². The number of hydrogen-bond acceptors (Lipinski definition) is 5. The van der Waals surface area contributed by atoms with Crippen LogP contribution in [-0.4, -0.2) is 32.2 Å². The van der Waals surface area contributed by atoms with E-state index in [2.05, 4.69) is 15.0 Å². The maximum absolute atomic E-state index is 9.46. The number of rotatable bonds is 3. The van der Waals surface area contributed by atoms with Crippen LogP contribution < -0.4 is 4.74 Å². The van der Waals surface area contributed by atoms with Gasteiger partial charge in [0.2, 0.25) is 0 Å². The maximum Gasteiger partial charge on any atom is 0.181 e. The van der Waals surface area contributed by atoms with Gasteiger partial charge in [-0.1, -0.05) is 12.1 Å². The van der Waals surface area contributed by atoms with Gasteiger partial charge in [0.25, 0.3) is 0 Å². The average molecular weight is 318 g/mol. The highest BCUT2D eigenvalue weighted by Crippen LogP contribution is 2.29. The lowest BCUT2D eigenvalue weighted by atomic mass is 10.1. The van der Waals surface area contributed by atoms with E-state index < -0.39 is 0 Å². The Balaban J connectivity index is 1.93. The molecule has 6 heteroatoms. The number of fused-ring (bicyclic) bond motifs is 1. The molecule has 0 aliphatic heterocycles. The van der Waals surface area contributed by atoms with Gasteiger partial charge in [0.15, 0.2) is 11.5 Å². The van der Waals surface area contributed by atoms with Crippen molar-refractivity contribution in [3.63, 3.8) is 0 Å². The zero-order valence-electron chi connectivity index (χ0n) is 12.9. The summed E-state index contributed by atoms with van der Waals surface area (Å²) in [6.45, 7) is 0. The van der Waals surface area contributed by atoms with Crippen molar-refractivity contribution in [2.24, 2.45) is 0 Å². The minimum absolute atomic E-state index is 0.201. The lowest BCUT2D eigenvalue weighted by Crippen LogP contribution is -1.95. The molecule has 2 aromatic carbocycles. The van der Waals surface area contributed by atoms with Gasteiger partial charge in [-0.25, -0.2) is 15.0 Å². The Labute approximate surface area is 137 Å². The molecule has 0 spiro atoms. The third kappa shape index (κ3) is 2.44. The van der Waals surface area contributed by atoms with Gasteiger partial charge >= 0.3 is 0 Å². The summed E-state index contributed by atoms with van der Waals surface area (Å²) in [4.78, 5) is 16.6. The van der Waals surface area contributed by atoms with Gasteiger partial charge in [0.05, 0.1) is 13.4 Å². The third-order valence-corrected chi connectivity index (χ3v) is 3.75. The fourth-order valence-electron chi connectivity index (χ4n) is 2.55. The van der Waals surface area contributed by atoms with Crippen molar-refractivity contribution in [2.45, 2.75) is 0 Å². The van der Waals surface area contributed by atoms with Crippen LogP contribution in [0.4, 0.5) is 0 Å². The topological polar surface area (TPSA) is 83.9 Å². The second-order valence-electron chi connectivity index (χ2n) is 5.28. The van der Waals surface area contributed by atoms with Crippen molar-refractivity contribution in [1.29, 1.82) is 0 Å². The van der Waals surface area contributed by atoms with Crippen molar-refractivity contribution >= 4 is 11.2 Å². The molecule has 0 unspecified atom stereocenters. The number of aromatic nitrogens is 4. The molecule has 0 radical (unpaired) electrons. The van der Waals surface area contributed by atoms with Crippen LogP contribution in [0.1, 0.15) is 0 Å².